The van der Waals surface area contributed by atoms with Gasteiger partial charge >= 0.3 is 0 Å². The molecule has 0 spiro atoms. The average molecular weight is 253 g/mol. The molecule has 4 N–H and O–H groups in total. The number of para-hydroxylation sites is 1. The van der Waals surface area contributed by atoms with Crippen molar-refractivity contribution in [3.63, 3.8) is 0 Å². The zero-order valence-electron chi connectivity index (χ0n) is 10.7. The standard InChI is InChI=1S/C15H15N3O/c1-9-4-2-3-5-12(9)17-14-8-13-10(6-11(14)16)7-15(19)18-13/h2-6,8,17H,7,16H2,1H3,(H,18,19). The Hall–Kier alpha value is -2.49. The van der Waals surface area contributed by atoms with Gasteiger partial charge in [0.15, 0.2) is 0 Å². The van der Waals surface area contributed by atoms with Crippen LogP contribution in [0.3, 0.4) is 0 Å². The third-order valence-electron chi connectivity index (χ3n) is 3.31. The molecule has 96 valence electrons. The second-order valence-electron chi connectivity index (χ2n) is 4.76. The summed E-state index contributed by atoms with van der Waals surface area (Å²) in [6, 6.07) is 11.7. The Morgan fingerprint density at radius 1 is 1.21 bits per heavy atom. The number of nitrogens with two attached hydrogens (primary N) is 1. The molecule has 4 heteroatoms. The van der Waals surface area contributed by atoms with E-state index in [0.717, 1.165) is 28.2 Å². The van der Waals surface area contributed by atoms with Crippen LogP contribution in [0.2, 0.25) is 0 Å². The van der Waals surface area contributed by atoms with E-state index in [9.17, 15) is 4.79 Å². The zero-order valence-corrected chi connectivity index (χ0v) is 10.7. The highest BCUT2D eigenvalue weighted by atomic mass is 16.1. The van der Waals surface area contributed by atoms with Crippen molar-refractivity contribution < 1.29 is 4.79 Å². The second kappa shape index (κ2) is 4.31. The van der Waals surface area contributed by atoms with E-state index < -0.39 is 0 Å². The molecule has 2 aromatic carbocycles. The van der Waals surface area contributed by atoms with E-state index in [-0.39, 0.29) is 5.91 Å². The van der Waals surface area contributed by atoms with Crippen LogP contribution in [0.5, 0.6) is 0 Å². The number of anilines is 4. The summed E-state index contributed by atoms with van der Waals surface area (Å²) in [6.07, 6.45) is 0.407. The van der Waals surface area contributed by atoms with Gasteiger partial charge < -0.3 is 16.4 Å². The summed E-state index contributed by atoms with van der Waals surface area (Å²) in [5, 5.41) is 6.14. The van der Waals surface area contributed by atoms with Gasteiger partial charge in [0.25, 0.3) is 0 Å². The molecule has 2 aromatic rings. The summed E-state index contributed by atoms with van der Waals surface area (Å²) in [7, 11) is 0. The Morgan fingerprint density at radius 3 is 2.79 bits per heavy atom. The van der Waals surface area contributed by atoms with Crippen molar-refractivity contribution in [2.24, 2.45) is 0 Å². The Labute approximate surface area is 111 Å². The zero-order chi connectivity index (χ0) is 13.4. The maximum atomic E-state index is 11.4. The Bertz CT molecular complexity index is 664. The van der Waals surface area contributed by atoms with E-state index in [2.05, 4.69) is 10.6 Å². The minimum absolute atomic E-state index is 0.0161. The van der Waals surface area contributed by atoms with E-state index in [1.54, 1.807) is 0 Å². The Kier molecular flexibility index (Phi) is 2.63. The van der Waals surface area contributed by atoms with Crippen molar-refractivity contribution in [2.75, 3.05) is 16.4 Å². The summed E-state index contributed by atoms with van der Waals surface area (Å²) in [5.41, 5.74) is 11.5. The molecule has 1 aliphatic heterocycles. The molecule has 0 aromatic heterocycles. The van der Waals surface area contributed by atoms with Gasteiger partial charge in [-0.1, -0.05) is 18.2 Å². The number of amides is 1. The van der Waals surface area contributed by atoms with E-state index >= 15 is 0 Å². The maximum absolute atomic E-state index is 11.4. The monoisotopic (exact) mass is 253 g/mol. The van der Waals surface area contributed by atoms with Crippen molar-refractivity contribution in [1.82, 2.24) is 0 Å². The normalized spacial score (nSPS) is 13.0. The molecule has 4 nitrogen and oxygen atoms in total. The van der Waals surface area contributed by atoms with Crippen LogP contribution < -0.4 is 16.4 Å². The van der Waals surface area contributed by atoms with Crippen LogP contribution in [0.1, 0.15) is 11.1 Å². The quantitative estimate of drug-likeness (QED) is 0.721. The van der Waals surface area contributed by atoms with Crippen LogP contribution in [0, 0.1) is 6.92 Å². The SMILES string of the molecule is Cc1ccccc1Nc1cc2c(cc1N)CC(=O)N2. The van der Waals surface area contributed by atoms with Crippen molar-refractivity contribution in [3.8, 4) is 0 Å². The molecule has 1 amide bonds. The molecule has 0 bridgehead atoms. The average Bonchev–Trinajstić information content (AvgIpc) is 2.71. The molecule has 0 saturated carbocycles. The van der Waals surface area contributed by atoms with E-state index in [0.29, 0.717) is 12.1 Å². The van der Waals surface area contributed by atoms with Crippen molar-refractivity contribution in [2.45, 2.75) is 13.3 Å². The van der Waals surface area contributed by atoms with Crippen LogP contribution in [-0.2, 0) is 11.2 Å². The molecule has 0 radical (unpaired) electrons. The lowest BCUT2D eigenvalue weighted by Crippen LogP contribution is -2.03. The summed E-state index contributed by atoms with van der Waals surface area (Å²) in [4.78, 5) is 11.4. The van der Waals surface area contributed by atoms with Crippen LogP contribution >= 0.6 is 0 Å². The molecule has 0 unspecified atom stereocenters. The molecule has 1 aliphatic rings. The van der Waals surface area contributed by atoms with Gasteiger partial charge in [0.2, 0.25) is 5.91 Å². The van der Waals surface area contributed by atoms with Gasteiger partial charge in [0.05, 0.1) is 17.8 Å². The molecule has 3 rings (SSSR count). The highest BCUT2D eigenvalue weighted by Crippen LogP contribution is 2.33. The number of carbonyl (C=O) groups is 1. The molecule has 0 saturated heterocycles. The number of hydrogen-bond donors (Lipinski definition) is 3. The van der Waals surface area contributed by atoms with Gasteiger partial charge in [0, 0.05) is 11.4 Å². The highest BCUT2D eigenvalue weighted by molar-refractivity contribution is 6.01. The van der Waals surface area contributed by atoms with E-state index in [4.69, 9.17) is 5.73 Å². The van der Waals surface area contributed by atoms with Crippen LogP contribution in [0.15, 0.2) is 36.4 Å². The number of aryl methyl sites for hydroxylation is 1. The number of nitrogen functional groups attached to an aromatic ring is 1. The Balaban J connectivity index is 1.97. The van der Waals surface area contributed by atoms with Gasteiger partial charge in [-0.05, 0) is 36.2 Å². The highest BCUT2D eigenvalue weighted by Gasteiger charge is 2.19. The summed E-state index contributed by atoms with van der Waals surface area (Å²) < 4.78 is 0. The smallest absolute Gasteiger partial charge is 0.228 e. The molecule has 19 heavy (non-hydrogen) atoms. The number of rotatable bonds is 2. The molecular weight excluding hydrogens is 238 g/mol. The van der Waals surface area contributed by atoms with Crippen molar-refractivity contribution in [3.05, 3.63) is 47.5 Å². The second-order valence-corrected chi connectivity index (χ2v) is 4.76. The maximum Gasteiger partial charge on any atom is 0.228 e. The number of fused-ring (bicyclic) bond motifs is 1. The first-order chi connectivity index (χ1) is 9.13. The van der Waals surface area contributed by atoms with Crippen LogP contribution in [-0.4, -0.2) is 5.91 Å². The fourth-order valence-corrected chi connectivity index (χ4v) is 2.26. The van der Waals surface area contributed by atoms with E-state index in [1.807, 2.05) is 43.3 Å². The number of hydrogen-bond acceptors (Lipinski definition) is 3. The van der Waals surface area contributed by atoms with Gasteiger partial charge in [-0.2, -0.15) is 0 Å². The van der Waals surface area contributed by atoms with Gasteiger partial charge in [-0.15, -0.1) is 0 Å². The summed E-state index contributed by atoms with van der Waals surface area (Å²) in [5.74, 6) is 0.0161. The predicted octanol–water partition coefficient (Wildman–Crippen LogP) is 2.82. The van der Waals surface area contributed by atoms with E-state index in [1.165, 1.54) is 0 Å². The van der Waals surface area contributed by atoms with Crippen LogP contribution in [0.25, 0.3) is 0 Å². The molecule has 1 heterocycles. The van der Waals surface area contributed by atoms with Gasteiger partial charge in [0.1, 0.15) is 0 Å². The minimum Gasteiger partial charge on any atom is -0.397 e. The van der Waals surface area contributed by atoms with Gasteiger partial charge in [-0.25, -0.2) is 0 Å². The molecule has 0 atom stereocenters. The number of nitrogens with one attached hydrogen (secondary N) is 2. The largest absolute Gasteiger partial charge is 0.397 e. The summed E-state index contributed by atoms with van der Waals surface area (Å²) in [6.45, 7) is 2.04. The lowest BCUT2D eigenvalue weighted by molar-refractivity contribution is -0.115. The third-order valence-corrected chi connectivity index (χ3v) is 3.31. The third kappa shape index (κ3) is 2.12. The minimum atomic E-state index is 0.0161. The first-order valence-corrected chi connectivity index (χ1v) is 6.18. The van der Waals surface area contributed by atoms with Gasteiger partial charge in [-0.3, -0.25) is 4.79 Å². The number of benzene rings is 2. The topological polar surface area (TPSA) is 67.1 Å². The Morgan fingerprint density at radius 2 is 2.00 bits per heavy atom. The molecular formula is C15H15N3O. The fourth-order valence-electron chi connectivity index (χ4n) is 2.26. The predicted molar refractivity (Wildman–Crippen MR) is 77.6 cm³/mol. The first kappa shape index (κ1) is 11.6. The number of carbonyl (C=O) groups excluding carboxylic acids is 1. The molecule has 0 aliphatic carbocycles. The fraction of sp³-hybridized carbons (Fsp3) is 0.133. The lowest BCUT2D eigenvalue weighted by Gasteiger charge is -2.13. The van der Waals surface area contributed by atoms with Crippen molar-refractivity contribution in [1.29, 1.82) is 0 Å². The first-order valence-electron chi connectivity index (χ1n) is 6.18. The van der Waals surface area contributed by atoms with Crippen LogP contribution in [0.4, 0.5) is 22.7 Å². The summed E-state index contributed by atoms with van der Waals surface area (Å²) >= 11 is 0. The lowest BCUT2D eigenvalue weighted by atomic mass is 10.1. The van der Waals surface area contributed by atoms with Crippen molar-refractivity contribution >= 4 is 28.7 Å². The molecule has 0 fully saturated rings.